The second kappa shape index (κ2) is 9.41. The Morgan fingerprint density at radius 1 is 1.18 bits per heavy atom. The topological polar surface area (TPSA) is 110 Å². The van der Waals surface area contributed by atoms with E-state index < -0.39 is 29.6 Å². The predicted octanol–water partition coefficient (Wildman–Crippen LogP) is 4.26. The van der Waals surface area contributed by atoms with Crippen LogP contribution in [0.1, 0.15) is 22.7 Å². The molecular weight excluding hydrogens is 455 g/mol. The van der Waals surface area contributed by atoms with Crippen LogP contribution < -0.4 is 10.6 Å². The molecule has 0 radical (unpaired) electrons. The molecule has 0 bridgehead atoms. The van der Waals surface area contributed by atoms with Crippen molar-refractivity contribution in [3.05, 3.63) is 60.1 Å². The van der Waals surface area contributed by atoms with Gasteiger partial charge in [-0.15, -0.1) is 0 Å². The highest BCUT2D eigenvalue weighted by molar-refractivity contribution is 6.04. The first kappa shape index (κ1) is 23.1. The van der Waals surface area contributed by atoms with E-state index in [0.29, 0.717) is 30.9 Å². The molecule has 1 saturated heterocycles. The van der Waals surface area contributed by atoms with Crippen molar-refractivity contribution in [1.82, 2.24) is 14.9 Å². The van der Waals surface area contributed by atoms with Crippen molar-refractivity contribution in [2.75, 3.05) is 30.8 Å². The number of nitrogens with one attached hydrogen (secondary N) is 2. The average Bonchev–Trinajstić information content (AvgIpc) is 3.48. The lowest BCUT2D eigenvalue weighted by Gasteiger charge is -2.16. The summed E-state index contributed by atoms with van der Waals surface area (Å²) in [5, 5.41) is 5.53. The molecule has 1 fully saturated rings. The van der Waals surface area contributed by atoms with E-state index >= 15 is 0 Å². The molecule has 2 aromatic heterocycles. The van der Waals surface area contributed by atoms with Crippen molar-refractivity contribution in [3.63, 3.8) is 0 Å². The summed E-state index contributed by atoms with van der Waals surface area (Å²) in [5.74, 6) is -2.39. The Morgan fingerprint density at radius 3 is 2.59 bits per heavy atom. The number of aromatic nitrogens is 2. The van der Waals surface area contributed by atoms with Crippen molar-refractivity contribution >= 4 is 23.5 Å². The third-order valence-electron chi connectivity index (χ3n) is 5.11. The van der Waals surface area contributed by atoms with E-state index in [9.17, 15) is 22.8 Å². The third-order valence-corrected chi connectivity index (χ3v) is 5.11. The number of ether oxygens (including phenoxy) is 1. The largest absolute Gasteiger partial charge is 0.453 e. The summed E-state index contributed by atoms with van der Waals surface area (Å²) in [6, 6.07) is 11.0. The zero-order chi connectivity index (χ0) is 24.3. The van der Waals surface area contributed by atoms with Crippen LogP contribution in [0.2, 0.25) is 0 Å². The normalized spacial score (nSPS) is 15.8. The number of nitrogens with zero attached hydrogens (tertiary/aromatic N) is 3. The number of likely N-dealkylation sites (tertiary alicyclic amines) is 1. The number of halogens is 3. The van der Waals surface area contributed by atoms with Crippen LogP contribution in [0.3, 0.4) is 0 Å². The molecule has 1 atom stereocenters. The lowest BCUT2D eigenvalue weighted by atomic mass is 10.2. The van der Waals surface area contributed by atoms with Gasteiger partial charge in [0.2, 0.25) is 11.7 Å². The standard InChI is InChI=1S/C22H20F3N5O4/c1-33-21(32)30-10-9-15(12-30)27-16-8-7-14(11-26-16)28-19(31)17-18(22(23,24)25)34-20(29-17)13-5-3-2-4-6-13/h2-8,11,15H,9-10,12H2,1H3,(H,26,27)(H,28,31). The number of anilines is 2. The second-order valence-corrected chi connectivity index (χ2v) is 7.49. The minimum atomic E-state index is -4.90. The number of methoxy groups -OCH3 is 1. The summed E-state index contributed by atoms with van der Waals surface area (Å²) >= 11 is 0. The molecular formula is C22H20F3N5O4. The molecule has 1 aliphatic rings. The molecule has 1 aromatic carbocycles. The quantitative estimate of drug-likeness (QED) is 0.567. The van der Waals surface area contributed by atoms with Crippen LogP contribution in [-0.4, -0.2) is 53.1 Å². The number of carbonyl (C=O) groups is 2. The Bertz CT molecular complexity index is 1170. The Labute approximate surface area is 191 Å². The van der Waals surface area contributed by atoms with Crippen molar-refractivity contribution in [2.45, 2.75) is 18.6 Å². The second-order valence-electron chi connectivity index (χ2n) is 7.49. The maximum absolute atomic E-state index is 13.5. The van der Waals surface area contributed by atoms with Gasteiger partial charge >= 0.3 is 12.3 Å². The maximum Gasteiger partial charge on any atom is 0.452 e. The minimum Gasteiger partial charge on any atom is -0.453 e. The Hall–Kier alpha value is -4.09. The van der Waals surface area contributed by atoms with Gasteiger partial charge < -0.3 is 24.7 Å². The van der Waals surface area contributed by atoms with Gasteiger partial charge in [-0.1, -0.05) is 18.2 Å². The van der Waals surface area contributed by atoms with Crippen LogP contribution in [0.4, 0.5) is 29.5 Å². The van der Waals surface area contributed by atoms with Crippen LogP contribution in [0.15, 0.2) is 53.1 Å². The number of hydrogen-bond acceptors (Lipinski definition) is 7. The lowest BCUT2D eigenvalue weighted by Crippen LogP contribution is -2.31. The van der Waals surface area contributed by atoms with E-state index in [1.807, 2.05) is 0 Å². The average molecular weight is 475 g/mol. The van der Waals surface area contributed by atoms with Gasteiger partial charge in [0.1, 0.15) is 5.82 Å². The van der Waals surface area contributed by atoms with Crippen molar-refractivity contribution in [2.24, 2.45) is 0 Å². The van der Waals surface area contributed by atoms with Gasteiger partial charge in [0.25, 0.3) is 5.91 Å². The molecule has 12 heteroatoms. The fraction of sp³-hybridized carbons (Fsp3) is 0.273. The van der Waals surface area contributed by atoms with E-state index in [-0.39, 0.29) is 17.6 Å². The van der Waals surface area contributed by atoms with Gasteiger partial charge in [0.05, 0.1) is 19.0 Å². The molecule has 9 nitrogen and oxygen atoms in total. The number of oxazole rings is 1. The van der Waals surface area contributed by atoms with Crippen LogP contribution in [0.5, 0.6) is 0 Å². The number of benzene rings is 1. The van der Waals surface area contributed by atoms with E-state index in [1.165, 1.54) is 31.5 Å². The summed E-state index contributed by atoms with van der Waals surface area (Å²) in [6.07, 6.45) is -3.31. The first-order chi connectivity index (χ1) is 16.2. The summed E-state index contributed by atoms with van der Waals surface area (Å²) in [4.78, 5) is 33.7. The first-order valence-electron chi connectivity index (χ1n) is 10.2. The molecule has 0 aliphatic carbocycles. The lowest BCUT2D eigenvalue weighted by molar-refractivity contribution is -0.153. The molecule has 4 rings (SSSR count). The number of hydrogen-bond donors (Lipinski definition) is 2. The summed E-state index contributed by atoms with van der Waals surface area (Å²) < 4.78 is 50.0. The van der Waals surface area contributed by atoms with Crippen molar-refractivity contribution < 1.29 is 31.9 Å². The number of pyridine rings is 1. The Morgan fingerprint density at radius 2 is 1.94 bits per heavy atom. The molecule has 2 N–H and O–H groups in total. The van der Waals surface area contributed by atoms with Gasteiger partial charge in [-0.2, -0.15) is 13.2 Å². The molecule has 34 heavy (non-hydrogen) atoms. The molecule has 3 aromatic rings. The molecule has 3 heterocycles. The van der Waals surface area contributed by atoms with Crippen LogP contribution >= 0.6 is 0 Å². The number of rotatable bonds is 5. The monoisotopic (exact) mass is 475 g/mol. The molecule has 178 valence electrons. The van der Waals surface area contributed by atoms with Gasteiger partial charge in [-0.05, 0) is 30.7 Å². The number of carbonyl (C=O) groups excluding carboxylic acids is 2. The highest BCUT2D eigenvalue weighted by Gasteiger charge is 2.42. The van der Waals surface area contributed by atoms with Gasteiger partial charge in [0, 0.05) is 24.7 Å². The van der Waals surface area contributed by atoms with Gasteiger partial charge in [-0.25, -0.2) is 14.8 Å². The molecule has 0 spiro atoms. The minimum absolute atomic E-state index is 0.0343. The van der Waals surface area contributed by atoms with Crippen LogP contribution in [0.25, 0.3) is 11.5 Å². The predicted molar refractivity (Wildman–Crippen MR) is 115 cm³/mol. The maximum atomic E-state index is 13.5. The molecule has 1 aliphatic heterocycles. The van der Waals surface area contributed by atoms with Crippen molar-refractivity contribution in [3.8, 4) is 11.5 Å². The van der Waals surface area contributed by atoms with E-state index in [4.69, 9.17) is 9.15 Å². The zero-order valence-electron chi connectivity index (χ0n) is 17.9. The SMILES string of the molecule is COC(=O)N1CCC(Nc2ccc(NC(=O)c3nc(-c4ccccc4)oc3C(F)(F)F)cn2)C1. The van der Waals surface area contributed by atoms with Crippen LogP contribution in [0, 0.1) is 0 Å². The third kappa shape index (κ3) is 5.11. The molecule has 1 unspecified atom stereocenters. The summed E-state index contributed by atoms with van der Waals surface area (Å²) in [6.45, 7) is 0.992. The Balaban J connectivity index is 1.45. The molecule has 0 saturated carbocycles. The highest BCUT2D eigenvalue weighted by Crippen LogP contribution is 2.35. The fourth-order valence-electron chi connectivity index (χ4n) is 3.50. The highest BCUT2D eigenvalue weighted by atomic mass is 19.4. The summed E-state index contributed by atoms with van der Waals surface area (Å²) in [5.41, 5.74) is -0.389. The summed E-state index contributed by atoms with van der Waals surface area (Å²) in [7, 11) is 1.32. The van der Waals surface area contributed by atoms with Gasteiger partial charge in [0.15, 0.2) is 5.69 Å². The number of amides is 2. The Kier molecular flexibility index (Phi) is 6.39. The van der Waals surface area contributed by atoms with Crippen molar-refractivity contribution in [1.29, 1.82) is 0 Å². The van der Waals surface area contributed by atoms with Crippen LogP contribution in [-0.2, 0) is 10.9 Å². The zero-order valence-corrected chi connectivity index (χ0v) is 17.9. The number of alkyl halides is 3. The molecule has 2 amide bonds. The van der Waals surface area contributed by atoms with E-state index in [1.54, 1.807) is 29.2 Å². The first-order valence-corrected chi connectivity index (χ1v) is 10.2. The van der Waals surface area contributed by atoms with Gasteiger partial charge in [-0.3, -0.25) is 4.79 Å². The van der Waals surface area contributed by atoms with E-state index in [0.717, 1.165) is 0 Å². The smallest absolute Gasteiger partial charge is 0.452 e. The fourth-order valence-corrected chi connectivity index (χ4v) is 3.50. The van der Waals surface area contributed by atoms with E-state index in [2.05, 4.69) is 20.6 Å².